The smallest absolute Gasteiger partial charge is 0.332 e. The summed E-state index contributed by atoms with van der Waals surface area (Å²) in [5.41, 5.74) is 5.53. The molecule has 0 atom stereocenters. The highest BCUT2D eigenvalue weighted by Crippen LogP contribution is 2.36. The van der Waals surface area contributed by atoms with Crippen LogP contribution in [0.15, 0.2) is 26.4 Å². The SMILES string of the molecule is Cn1c(=O)c2ccn(Cc3nc(C4(N)CCC4)no3)c2n(C)c1=O. The zero-order valence-electron chi connectivity index (χ0n) is 13.5. The number of hydrogen-bond acceptors (Lipinski definition) is 6. The predicted molar refractivity (Wildman–Crippen MR) is 85.5 cm³/mol. The van der Waals surface area contributed by atoms with Gasteiger partial charge in [0.1, 0.15) is 12.2 Å². The summed E-state index contributed by atoms with van der Waals surface area (Å²) in [4.78, 5) is 28.7. The third-order valence-electron chi connectivity index (χ3n) is 4.83. The molecular weight excluding hydrogens is 312 g/mol. The van der Waals surface area contributed by atoms with E-state index < -0.39 is 5.54 Å². The molecule has 0 radical (unpaired) electrons. The molecule has 1 aliphatic rings. The summed E-state index contributed by atoms with van der Waals surface area (Å²) in [6.45, 7) is 0.271. The van der Waals surface area contributed by atoms with E-state index in [1.54, 1.807) is 23.9 Å². The van der Waals surface area contributed by atoms with Crippen molar-refractivity contribution < 1.29 is 4.52 Å². The van der Waals surface area contributed by atoms with Crippen LogP contribution in [0.3, 0.4) is 0 Å². The number of nitrogens with two attached hydrogens (primary N) is 1. The summed E-state index contributed by atoms with van der Waals surface area (Å²) in [6.07, 6.45) is 4.50. The lowest BCUT2D eigenvalue weighted by molar-refractivity contribution is 0.229. The standard InChI is InChI=1S/C15H18N6O3/c1-19-11-9(12(22)20(2)14(19)23)4-7-21(11)8-10-17-13(18-24-10)15(16)5-3-6-15/h4,7H,3,5-6,8,16H2,1-2H3. The summed E-state index contributed by atoms with van der Waals surface area (Å²) in [7, 11) is 3.09. The number of hydrogen-bond donors (Lipinski definition) is 1. The Morgan fingerprint density at radius 3 is 2.71 bits per heavy atom. The summed E-state index contributed by atoms with van der Waals surface area (Å²) < 4.78 is 9.57. The Morgan fingerprint density at radius 2 is 2.04 bits per heavy atom. The average Bonchev–Trinajstić information content (AvgIpc) is 3.16. The predicted octanol–water partition coefficient (Wildman–Crippen LogP) is -0.192. The zero-order valence-corrected chi connectivity index (χ0v) is 13.5. The Bertz CT molecular complexity index is 1050. The molecule has 0 aromatic carbocycles. The van der Waals surface area contributed by atoms with Crippen molar-refractivity contribution in [1.82, 2.24) is 23.8 Å². The van der Waals surface area contributed by atoms with Crippen LogP contribution in [0.2, 0.25) is 0 Å². The van der Waals surface area contributed by atoms with Crippen molar-refractivity contribution in [3.63, 3.8) is 0 Å². The van der Waals surface area contributed by atoms with Crippen molar-refractivity contribution in [2.75, 3.05) is 0 Å². The van der Waals surface area contributed by atoms with Gasteiger partial charge in [0, 0.05) is 20.3 Å². The van der Waals surface area contributed by atoms with Crippen molar-refractivity contribution in [2.24, 2.45) is 19.8 Å². The van der Waals surface area contributed by atoms with Crippen LogP contribution in [0.1, 0.15) is 31.0 Å². The first-order chi connectivity index (χ1) is 11.4. The fraction of sp³-hybridized carbons (Fsp3) is 0.467. The fourth-order valence-corrected chi connectivity index (χ4v) is 3.16. The van der Waals surface area contributed by atoms with Gasteiger partial charge in [0.15, 0.2) is 5.82 Å². The van der Waals surface area contributed by atoms with E-state index in [0.717, 1.165) is 23.8 Å². The second-order valence-electron chi connectivity index (χ2n) is 6.41. The Labute approximate surface area is 136 Å². The van der Waals surface area contributed by atoms with Crippen LogP contribution < -0.4 is 17.0 Å². The van der Waals surface area contributed by atoms with Crippen LogP contribution in [0.4, 0.5) is 0 Å². The molecule has 1 fully saturated rings. The molecule has 0 unspecified atom stereocenters. The van der Waals surface area contributed by atoms with Gasteiger partial charge in [0.05, 0.1) is 10.9 Å². The lowest BCUT2D eigenvalue weighted by atomic mass is 9.77. The van der Waals surface area contributed by atoms with Crippen molar-refractivity contribution in [3.8, 4) is 0 Å². The molecule has 0 saturated heterocycles. The van der Waals surface area contributed by atoms with E-state index in [1.807, 2.05) is 0 Å². The van der Waals surface area contributed by atoms with E-state index in [1.165, 1.54) is 11.6 Å². The molecular formula is C15H18N6O3. The molecule has 4 rings (SSSR count). The fourth-order valence-electron chi connectivity index (χ4n) is 3.16. The highest BCUT2D eigenvalue weighted by Gasteiger charge is 2.39. The molecule has 3 aromatic rings. The summed E-state index contributed by atoms with van der Waals surface area (Å²) in [5.74, 6) is 0.914. The van der Waals surface area contributed by atoms with Crippen LogP contribution in [0, 0.1) is 0 Å². The molecule has 0 spiro atoms. The van der Waals surface area contributed by atoms with Gasteiger partial charge < -0.3 is 14.8 Å². The maximum absolute atomic E-state index is 12.2. The topological polar surface area (TPSA) is 114 Å². The van der Waals surface area contributed by atoms with Gasteiger partial charge in [-0.05, 0) is 25.3 Å². The van der Waals surface area contributed by atoms with Gasteiger partial charge in [-0.15, -0.1) is 0 Å². The first kappa shape index (κ1) is 14.9. The highest BCUT2D eigenvalue weighted by atomic mass is 16.5. The summed E-state index contributed by atoms with van der Waals surface area (Å²) in [6, 6.07) is 1.69. The zero-order chi connectivity index (χ0) is 17.1. The molecule has 1 saturated carbocycles. The molecule has 9 nitrogen and oxygen atoms in total. The molecule has 126 valence electrons. The minimum atomic E-state index is -0.483. The molecule has 0 bridgehead atoms. The number of aryl methyl sites for hydroxylation is 1. The van der Waals surface area contributed by atoms with Gasteiger partial charge in [-0.2, -0.15) is 4.98 Å². The number of aromatic nitrogens is 5. The third-order valence-corrected chi connectivity index (χ3v) is 4.83. The van der Waals surface area contributed by atoms with Crippen molar-refractivity contribution >= 4 is 11.0 Å². The average molecular weight is 330 g/mol. The Kier molecular flexibility index (Phi) is 3.04. The van der Waals surface area contributed by atoms with Crippen LogP contribution in [-0.4, -0.2) is 23.8 Å². The Morgan fingerprint density at radius 1 is 1.29 bits per heavy atom. The van der Waals surface area contributed by atoms with Crippen LogP contribution >= 0.6 is 0 Å². The van der Waals surface area contributed by atoms with Crippen molar-refractivity contribution in [1.29, 1.82) is 0 Å². The minimum absolute atomic E-state index is 0.271. The van der Waals surface area contributed by atoms with Gasteiger partial charge in [-0.1, -0.05) is 5.16 Å². The van der Waals surface area contributed by atoms with Gasteiger partial charge >= 0.3 is 5.69 Å². The van der Waals surface area contributed by atoms with E-state index in [2.05, 4.69) is 10.1 Å². The van der Waals surface area contributed by atoms with Gasteiger partial charge in [-0.25, -0.2) is 4.79 Å². The lowest BCUT2D eigenvalue weighted by Crippen LogP contribution is -2.44. The Balaban J connectivity index is 1.76. The van der Waals surface area contributed by atoms with Gasteiger partial charge in [0.25, 0.3) is 5.56 Å². The van der Waals surface area contributed by atoms with E-state index in [0.29, 0.717) is 22.7 Å². The summed E-state index contributed by atoms with van der Waals surface area (Å²) >= 11 is 0. The molecule has 3 heterocycles. The van der Waals surface area contributed by atoms with Crippen molar-refractivity contribution in [2.45, 2.75) is 31.3 Å². The van der Waals surface area contributed by atoms with E-state index in [4.69, 9.17) is 10.3 Å². The first-order valence-corrected chi connectivity index (χ1v) is 7.77. The number of rotatable bonds is 3. The maximum Gasteiger partial charge on any atom is 0.332 e. The van der Waals surface area contributed by atoms with E-state index in [9.17, 15) is 9.59 Å². The van der Waals surface area contributed by atoms with Gasteiger partial charge in [-0.3, -0.25) is 13.9 Å². The second-order valence-corrected chi connectivity index (χ2v) is 6.41. The van der Waals surface area contributed by atoms with Crippen LogP contribution in [0.5, 0.6) is 0 Å². The minimum Gasteiger partial charge on any atom is -0.337 e. The second kappa shape index (κ2) is 4.91. The third kappa shape index (κ3) is 1.97. The molecule has 3 aromatic heterocycles. The highest BCUT2D eigenvalue weighted by molar-refractivity contribution is 5.75. The molecule has 2 N–H and O–H groups in total. The summed E-state index contributed by atoms with van der Waals surface area (Å²) in [5, 5.41) is 4.45. The number of fused-ring (bicyclic) bond motifs is 1. The van der Waals surface area contributed by atoms with E-state index in [-0.39, 0.29) is 17.8 Å². The molecule has 24 heavy (non-hydrogen) atoms. The van der Waals surface area contributed by atoms with E-state index >= 15 is 0 Å². The Hall–Kier alpha value is -2.68. The largest absolute Gasteiger partial charge is 0.337 e. The van der Waals surface area contributed by atoms with Crippen LogP contribution in [0.25, 0.3) is 11.0 Å². The quantitative estimate of drug-likeness (QED) is 0.712. The first-order valence-electron chi connectivity index (χ1n) is 7.77. The maximum atomic E-state index is 12.2. The normalized spacial score (nSPS) is 16.5. The molecule has 0 amide bonds. The lowest BCUT2D eigenvalue weighted by Gasteiger charge is -2.34. The monoisotopic (exact) mass is 330 g/mol. The number of nitrogens with zero attached hydrogens (tertiary/aromatic N) is 5. The van der Waals surface area contributed by atoms with Crippen molar-refractivity contribution in [3.05, 3.63) is 44.8 Å². The van der Waals surface area contributed by atoms with Gasteiger partial charge in [0.2, 0.25) is 5.89 Å². The molecule has 1 aliphatic carbocycles. The molecule has 0 aliphatic heterocycles. The van der Waals surface area contributed by atoms with Crippen LogP contribution in [-0.2, 0) is 26.2 Å². The molecule has 9 heteroatoms.